The minimum Gasteiger partial charge on any atom is -0.496 e. The SMILES string of the molecule is COc1ccccc1C1(C)OC(=O)c2ccccc21. The number of esters is 1. The molecular weight excluding hydrogens is 240 g/mol. The van der Waals surface area contributed by atoms with Gasteiger partial charge in [0.15, 0.2) is 5.60 Å². The first kappa shape index (κ1) is 11.8. The zero-order valence-electron chi connectivity index (χ0n) is 10.8. The largest absolute Gasteiger partial charge is 0.496 e. The average Bonchev–Trinajstić information content (AvgIpc) is 2.72. The fourth-order valence-electron chi connectivity index (χ4n) is 2.61. The van der Waals surface area contributed by atoms with E-state index in [1.807, 2.05) is 49.4 Å². The summed E-state index contributed by atoms with van der Waals surface area (Å²) in [5.74, 6) is 0.429. The molecule has 0 saturated heterocycles. The first-order valence-corrected chi connectivity index (χ1v) is 6.13. The molecule has 0 aromatic heterocycles. The highest BCUT2D eigenvalue weighted by molar-refractivity contribution is 5.95. The van der Waals surface area contributed by atoms with Crippen molar-refractivity contribution >= 4 is 5.97 Å². The average molecular weight is 254 g/mol. The Kier molecular flexibility index (Phi) is 2.56. The Morgan fingerprint density at radius 1 is 1.00 bits per heavy atom. The van der Waals surface area contributed by atoms with Crippen LogP contribution >= 0.6 is 0 Å². The van der Waals surface area contributed by atoms with Crippen LogP contribution in [-0.4, -0.2) is 13.1 Å². The van der Waals surface area contributed by atoms with Crippen molar-refractivity contribution in [1.82, 2.24) is 0 Å². The summed E-state index contributed by atoms with van der Waals surface area (Å²) in [4.78, 5) is 12.0. The lowest BCUT2D eigenvalue weighted by molar-refractivity contribution is 0.0173. The van der Waals surface area contributed by atoms with Crippen LogP contribution < -0.4 is 4.74 Å². The highest BCUT2D eigenvalue weighted by Crippen LogP contribution is 2.44. The van der Waals surface area contributed by atoms with E-state index in [9.17, 15) is 4.79 Å². The first-order chi connectivity index (χ1) is 9.16. The number of cyclic esters (lactones) is 1. The van der Waals surface area contributed by atoms with Gasteiger partial charge in [0.05, 0.1) is 12.7 Å². The van der Waals surface area contributed by atoms with Crippen molar-refractivity contribution in [3.8, 4) is 5.75 Å². The smallest absolute Gasteiger partial charge is 0.339 e. The molecular formula is C16H14O3. The molecule has 0 N–H and O–H groups in total. The van der Waals surface area contributed by atoms with Gasteiger partial charge in [0.25, 0.3) is 0 Å². The molecule has 0 amide bonds. The van der Waals surface area contributed by atoms with Crippen LogP contribution in [-0.2, 0) is 10.3 Å². The molecule has 1 atom stereocenters. The van der Waals surface area contributed by atoms with Crippen LogP contribution in [0.5, 0.6) is 5.75 Å². The van der Waals surface area contributed by atoms with E-state index in [0.717, 1.165) is 16.9 Å². The van der Waals surface area contributed by atoms with Gasteiger partial charge in [0, 0.05) is 11.1 Å². The van der Waals surface area contributed by atoms with E-state index in [1.54, 1.807) is 13.2 Å². The Hall–Kier alpha value is -2.29. The van der Waals surface area contributed by atoms with Crippen LogP contribution in [0.3, 0.4) is 0 Å². The lowest BCUT2D eigenvalue weighted by atomic mass is 9.87. The van der Waals surface area contributed by atoms with E-state index < -0.39 is 5.60 Å². The van der Waals surface area contributed by atoms with Crippen molar-refractivity contribution in [2.75, 3.05) is 7.11 Å². The molecule has 1 unspecified atom stereocenters. The Bertz CT molecular complexity index is 648. The summed E-state index contributed by atoms with van der Waals surface area (Å²) in [5.41, 5.74) is 1.57. The van der Waals surface area contributed by atoms with Gasteiger partial charge in [-0.05, 0) is 19.1 Å². The van der Waals surface area contributed by atoms with Crippen molar-refractivity contribution in [3.63, 3.8) is 0 Å². The molecule has 0 fully saturated rings. The molecule has 1 aliphatic rings. The van der Waals surface area contributed by atoms with Crippen molar-refractivity contribution < 1.29 is 14.3 Å². The van der Waals surface area contributed by atoms with Crippen LogP contribution in [0, 0.1) is 0 Å². The molecule has 0 spiro atoms. The zero-order chi connectivity index (χ0) is 13.5. The molecule has 0 bridgehead atoms. The highest BCUT2D eigenvalue weighted by atomic mass is 16.6. The van der Waals surface area contributed by atoms with Crippen LogP contribution in [0.1, 0.15) is 28.4 Å². The van der Waals surface area contributed by atoms with Crippen molar-refractivity contribution in [3.05, 3.63) is 65.2 Å². The van der Waals surface area contributed by atoms with E-state index in [0.29, 0.717) is 5.56 Å². The second-order valence-electron chi connectivity index (χ2n) is 4.67. The van der Waals surface area contributed by atoms with Crippen molar-refractivity contribution in [1.29, 1.82) is 0 Å². The molecule has 96 valence electrons. The predicted octanol–water partition coefficient (Wildman–Crippen LogP) is 3.13. The van der Waals surface area contributed by atoms with Gasteiger partial charge in [-0.15, -0.1) is 0 Å². The number of ether oxygens (including phenoxy) is 2. The number of fused-ring (bicyclic) bond motifs is 1. The number of methoxy groups -OCH3 is 1. The van der Waals surface area contributed by atoms with E-state index in [4.69, 9.17) is 9.47 Å². The maximum atomic E-state index is 12.0. The van der Waals surface area contributed by atoms with Gasteiger partial charge in [-0.3, -0.25) is 0 Å². The van der Waals surface area contributed by atoms with Crippen LogP contribution in [0.25, 0.3) is 0 Å². The van der Waals surface area contributed by atoms with E-state index in [2.05, 4.69) is 0 Å². The quantitative estimate of drug-likeness (QED) is 0.772. The third kappa shape index (κ3) is 1.62. The van der Waals surface area contributed by atoms with Crippen molar-refractivity contribution in [2.45, 2.75) is 12.5 Å². The number of hydrogen-bond acceptors (Lipinski definition) is 3. The summed E-state index contributed by atoms with van der Waals surface area (Å²) in [5, 5.41) is 0. The summed E-state index contributed by atoms with van der Waals surface area (Å²) in [6.07, 6.45) is 0. The van der Waals surface area contributed by atoms with Crippen LogP contribution in [0.4, 0.5) is 0 Å². The molecule has 0 aliphatic carbocycles. The third-order valence-corrected chi connectivity index (χ3v) is 3.58. The minimum absolute atomic E-state index is 0.288. The molecule has 3 rings (SSSR count). The maximum Gasteiger partial charge on any atom is 0.339 e. The molecule has 3 nitrogen and oxygen atoms in total. The van der Waals surface area contributed by atoms with E-state index in [-0.39, 0.29) is 5.97 Å². The third-order valence-electron chi connectivity index (χ3n) is 3.58. The van der Waals surface area contributed by atoms with Gasteiger partial charge >= 0.3 is 5.97 Å². The minimum atomic E-state index is -0.791. The fraction of sp³-hybridized carbons (Fsp3) is 0.188. The van der Waals surface area contributed by atoms with Crippen LogP contribution in [0.2, 0.25) is 0 Å². The summed E-state index contributed by atoms with van der Waals surface area (Å²) in [6, 6.07) is 15.1. The molecule has 0 saturated carbocycles. The second kappa shape index (κ2) is 4.12. The van der Waals surface area contributed by atoms with Gasteiger partial charge in [0.1, 0.15) is 5.75 Å². The number of para-hydroxylation sites is 1. The predicted molar refractivity (Wildman–Crippen MR) is 71.3 cm³/mol. The van der Waals surface area contributed by atoms with Gasteiger partial charge in [-0.25, -0.2) is 4.79 Å². The Labute approximate surface area is 111 Å². The fourth-order valence-corrected chi connectivity index (χ4v) is 2.61. The number of hydrogen-bond donors (Lipinski definition) is 0. The molecule has 3 heteroatoms. The van der Waals surface area contributed by atoms with Gasteiger partial charge < -0.3 is 9.47 Å². The summed E-state index contributed by atoms with van der Waals surface area (Å²) >= 11 is 0. The first-order valence-electron chi connectivity index (χ1n) is 6.13. The standard InChI is InChI=1S/C16H14O3/c1-16(13-9-5-6-10-14(13)18-2)12-8-4-3-7-11(12)15(17)19-16/h3-10H,1-2H3. The Morgan fingerprint density at radius 3 is 2.37 bits per heavy atom. The second-order valence-corrected chi connectivity index (χ2v) is 4.67. The van der Waals surface area contributed by atoms with Gasteiger partial charge in [-0.1, -0.05) is 36.4 Å². The zero-order valence-corrected chi connectivity index (χ0v) is 10.8. The highest BCUT2D eigenvalue weighted by Gasteiger charge is 2.44. The molecule has 1 heterocycles. The summed E-state index contributed by atoms with van der Waals surface area (Å²) < 4.78 is 11.0. The molecule has 2 aromatic rings. The summed E-state index contributed by atoms with van der Waals surface area (Å²) in [7, 11) is 1.62. The number of benzene rings is 2. The molecule has 1 aliphatic heterocycles. The lowest BCUT2D eigenvalue weighted by Crippen LogP contribution is -2.24. The van der Waals surface area contributed by atoms with Crippen molar-refractivity contribution in [2.24, 2.45) is 0 Å². The summed E-state index contributed by atoms with van der Waals surface area (Å²) in [6.45, 7) is 1.90. The molecule has 0 radical (unpaired) electrons. The topological polar surface area (TPSA) is 35.5 Å². The maximum absolute atomic E-state index is 12.0. The number of carbonyl (C=O) groups excluding carboxylic acids is 1. The number of carbonyl (C=O) groups is 1. The van der Waals surface area contributed by atoms with E-state index in [1.165, 1.54) is 0 Å². The molecule has 19 heavy (non-hydrogen) atoms. The lowest BCUT2D eigenvalue weighted by Gasteiger charge is -2.26. The Morgan fingerprint density at radius 2 is 1.63 bits per heavy atom. The van der Waals surface area contributed by atoms with Gasteiger partial charge in [-0.2, -0.15) is 0 Å². The Balaban J connectivity index is 2.23. The normalized spacial score (nSPS) is 20.8. The van der Waals surface area contributed by atoms with E-state index >= 15 is 0 Å². The van der Waals surface area contributed by atoms with Crippen LogP contribution in [0.15, 0.2) is 48.5 Å². The molecule has 2 aromatic carbocycles. The van der Waals surface area contributed by atoms with Gasteiger partial charge in [0.2, 0.25) is 0 Å². The monoisotopic (exact) mass is 254 g/mol. The number of rotatable bonds is 2.